The molecule has 1 aliphatic heterocycles. The summed E-state index contributed by atoms with van der Waals surface area (Å²) in [6.07, 6.45) is 1.81. The first-order valence-corrected chi connectivity index (χ1v) is 10.4. The molecule has 0 radical (unpaired) electrons. The third-order valence-corrected chi connectivity index (χ3v) is 5.80. The first-order chi connectivity index (χ1) is 15.3. The highest BCUT2D eigenvalue weighted by molar-refractivity contribution is 6.35. The molecule has 0 bridgehead atoms. The van der Waals surface area contributed by atoms with Gasteiger partial charge in [-0.1, -0.05) is 12.1 Å². The van der Waals surface area contributed by atoms with Crippen LogP contribution in [0.4, 0.5) is 15.8 Å². The van der Waals surface area contributed by atoms with Crippen molar-refractivity contribution in [3.05, 3.63) is 81.9 Å². The van der Waals surface area contributed by atoms with Crippen LogP contribution in [0.5, 0.6) is 0 Å². The number of rotatable bonds is 5. The number of carbonyl (C=O) groups is 2. The highest BCUT2D eigenvalue weighted by Gasteiger charge is 2.26. The van der Waals surface area contributed by atoms with Crippen LogP contribution in [-0.4, -0.2) is 23.8 Å². The number of nitrogens with one attached hydrogen (secondary N) is 4. The van der Waals surface area contributed by atoms with Crippen LogP contribution in [0.25, 0.3) is 11.6 Å². The van der Waals surface area contributed by atoms with E-state index in [1.54, 1.807) is 30.3 Å². The Morgan fingerprint density at radius 2 is 1.84 bits per heavy atom. The van der Waals surface area contributed by atoms with Crippen molar-refractivity contribution in [2.75, 3.05) is 17.7 Å². The van der Waals surface area contributed by atoms with Crippen molar-refractivity contribution in [1.82, 2.24) is 10.3 Å². The fourth-order valence-corrected chi connectivity index (χ4v) is 4.03. The summed E-state index contributed by atoms with van der Waals surface area (Å²) >= 11 is 0. The highest BCUT2D eigenvalue weighted by atomic mass is 19.1. The molecule has 164 valence electrons. The Morgan fingerprint density at radius 1 is 1.12 bits per heavy atom. The van der Waals surface area contributed by atoms with Crippen molar-refractivity contribution in [2.45, 2.75) is 26.8 Å². The smallest absolute Gasteiger partial charge is 0.256 e. The predicted octanol–water partition coefficient (Wildman–Crippen LogP) is 4.80. The zero-order valence-corrected chi connectivity index (χ0v) is 18.4. The number of fused-ring (bicyclic) bond motifs is 1. The summed E-state index contributed by atoms with van der Waals surface area (Å²) in [5, 5.41) is 8.95. The molecule has 7 heteroatoms. The number of aryl methyl sites for hydroxylation is 1. The topological polar surface area (TPSA) is 86.0 Å². The molecule has 2 heterocycles. The molecule has 1 aliphatic rings. The molecular formula is C25H25FN4O2. The van der Waals surface area contributed by atoms with Gasteiger partial charge in [0.15, 0.2) is 0 Å². The van der Waals surface area contributed by atoms with Crippen LogP contribution >= 0.6 is 0 Å². The number of aromatic nitrogens is 1. The fourth-order valence-electron chi connectivity index (χ4n) is 4.03. The number of benzene rings is 2. The Hall–Kier alpha value is -3.87. The molecule has 32 heavy (non-hydrogen) atoms. The van der Waals surface area contributed by atoms with Crippen LogP contribution in [-0.2, 0) is 4.79 Å². The van der Waals surface area contributed by atoms with Crippen LogP contribution < -0.4 is 16.0 Å². The van der Waals surface area contributed by atoms with Gasteiger partial charge in [0.2, 0.25) is 0 Å². The minimum absolute atomic E-state index is 0.213. The van der Waals surface area contributed by atoms with E-state index in [1.165, 1.54) is 12.1 Å². The molecule has 1 atom stereocenters. The van der Waals surface area contributed by atoms with Gasteiger partial charge in [0.25, 0.3) is 11.8 Å². The van der Waals surface area contributed by atoms with Gasteiger partial charge in [-0.2, -0.15) is 0 Å². The minimum atomic E-state index is -0.322. The summed E-state index contributed by atoms with van der Waals surface area (Å²) in [6, 6.07) is 10.9. The molecule has 2 aromatic carbocycles. The highest BCUT2D eigenvalue weighted by Crippen LogP contribution is 2.35. The summed E-state index contributed by atoms with van der Waals surface area (Å²) in [4.78, 5) is 28.8. The molecule has 0 spiro atoms. The Balaban J connectivity index is 1.62. The summed E-state index contributed by atoms with van der Waals surface area (Å²) in [6.45, 7) is 5.79. The van der Waals surface area contributed by atoms with Crippen molar-refractivity contribution >= 4 is 34.8 Å². The van der Waals surface area contributed by atoms with E-state index in [0.717, 1.165) is 28.2 Å². The van der Waals surface area contributed by atoms with E-state index in [2.05, 4.69) is 20.9 Å². The molecule has 4 N–H and O–H groups in total. The summed E-state index contributed by atoms with van der Waals surface area (Å²) in [7, 11) is 1.86. The number of carbonyl (C=O) groups excluding carboxylic acids is 2. The van der Waals surface area contributed by atoms with Gasteiger partial charge in [-0.15, -0.1) is 0 Å². The largest absolute Gasteiger partial charge is 0.386 e. The maximum Gasteiger partial charge on any atom is 0.256 e. The predicted molar refractivity (Wildman–Crippen MR) is 125 cm³/mol. The van der Waals surface area contributed by atoms with Crippen molar-refractivity contribution in [3.8, 4) is 0 Å². The van der Waals surface area contributed by atoms with Gasteiger partial charge in [0.05, 0.1) is 17.3 Å². The maximum absolute atomic E-state index is 13.2. The van der Waals surface area contributed by atoms with Gasteiger partial charge < -0.3 is 20.9 Å². The number of aromatic amines is 1. The molecule has 0 aliphatic carbocycles. The first-order valence-electron chi connectivity index (χ1n) is 10.4. The Morgan fingerprint density at radius 3 is 2.50 bits per heavy atom. The summed E-state index contributed by atoms with van der Waals surface area (Å²) in [5.41, 5.74) is 6.91. The quantitative estimate of drug-likeness (QED) is 0.437. The van der Waals surface area contributed by atoms with E-state index in [0.29, 0.717) is 22.4 Å². The zero-order valence-electron chi connectivity index (χ0n) is 18.4. The van der Waals surface area contributed by atoms with E-state index in [4.69, 9.17) is 0 Å². The van der Waals surface area contributed by atoms with E-state index in [-0.39, 0.29) is 23.7 Å². The molecule has 3 aromatic rings. The number of H-pyrrole nitrogens is 1. The molecular weight excluding hydrogens is 407 g/mol. The lowest BCUT2D eigenvalue weighted by Gasteiger charge is -2.15. The fraction of sp³-hybridized carbons (Fsp3) is 0.200. The van der Waals surface area contributed by atoms with Gasteiger partial charge in [-0.25, -0.2) is 4.39 Å². The van der Waals surface area contributed by atoms with E-state index >= 15 is 0 Å². The number of halogens is 1. The summed E-state index contributed by atoms with van der Waals surface area (Å²) < 4.78 is 13.2. The lowest BCUT2D eigenvalue weighted by Crippen LogP contribution is -2.26. The van der Waals surface area contributed by atoms with Crippen molar-refractivity contribution < 1.29 is 14.0 Å². The maximum atomic E-state index is 13.2. The molecule has 2 amide bonds. The van der Waals surface area contributed by atoms with Crippen LogP contribution in [0.2, 0.25) is 0 Å². The molecule has 0 saturated heterocycles. The second kappa shape index (κ2) is 8.34. The lowest BCUT2D eigenvalue weighted by atomic mass is 10.0. The molecule has 0 saturated carbocycles. The van der Waals surface area contributed by atoms with E-state index < -0.39 is 0 Å². The number of amides is 2. The minimum Gasteiger partial charge on any atom is -0.386 e. The number of anilines is 2. The van der Waals surface area contributed by atoms with Crippen molar-refractivity contribution in [2.24, 2.45) is 0 Å². The van der Waals surface area contributed by atoms with E-state index in [1.807, 2.05) is 33.9 Å². The average Bonchev–Trinajstić information content (AvgIpc) is 3.22. The van der Waals surface area contributed by atoms with Crippen molar-refractivity contribution in [3.63, 3.8) is 0 Å². The van der Waals surface area contributed by atoms with Crippen LogP contribution in [0, 0.1) is 19.7 Å². The first kappa shape index (κ1) is 21.4. The normalized spacial score (nSPS) is 14.8. The standard InChI is InChI=1S/C25H25FN4O2/c1-13-22(28-15(3)23(13)27-4)12-20-19-11-17(7-10-21(19)30-25(20)32)24(31)29-14(2)16-5-8-18(26)9-6-16/h5-12,14,27-28H,1-4H3,(H,29,31)(H,30,32)/b20-12-. The van der Waals surface area contributed by atoms with Crippen LogP contribution in [0.15, 0.2) is 42.5 Å². The van der Waals surface area contributed by atoms with Crippen molar-refractivity contribution in [1.29, 1.82) is 0 Å². The third kappa shape index (κ3) is 3.89. The molecule has 4 rings (SSSR count). The molecule has 1 aromatic heterocycles. The number of hydrogen-bond donors (Lipinski definition) is 4. The second-order valence-corrected chi connectivity index (χ2v) is 7.93. The van der Waals surface area contributed by atoms with E-state index in [9.17, 15) is 14.0 Å². The van der Waals surface area contributed by atoms with Gasteiger partial charge in [0, 0.05) is 35.2 Å². The number of hydrogen-bond acceptors (Lipinski definition) is 3. The van der Waals surface area contributed by atoms with Crippen LogP contribution in [0.1, 0.15) is 51.4 Å². The molecule has 1 unspecified atom stereocenters. The Kier molecular flexibility index (Phi) is 5.57. The molecule has 0 fully saturated rings. The van der Waals surface area contributed by atoms with Crippen LogP contribution in [0.3, 0.4) is 0 Å². The Labute approximate surface area is 185 Å². The summed E-state index contributed by atoms with van der Waals surface area (Å²) in [5.74, 6) is -0.806. The third-order valence-electron chi connectivity index (χ3n) is 5.80. The zero-order chi connectivity index (χ0) is 23.0. The Bertz CT molecular complexity index is 1240. The van der Waals surface area contributed by atoms with Gasteiger partial charge in [-0.3, -0.25) is 9.59 Å². The SMILES string of the molecule is CNc1c(C)[nH]c(/C=C2\C(=O)Nc3ccc(C(=O)NC(C)c4ccc(F)cc4)cc32)c1C. The monoisotopic (exact) mass is 432 g/mol. The van der Waals surface area contributed by atoms with Gasteiger partial charge in [0.1, 0.15) is 5.82 Å². The molecule has 6 nitrogen and oxygen atoms in total. The lowest BCUT2D eigenvalue weighted by molar-refractivity contribution is -0.110. The second-order valence-electron chi connectivity index (χ2n) is 7.93. The van der Waals surface area contributed by atoms with Gasteiger partial charge in [-0.05, 0) is 68.3 Å². The average molecular weight is 432 g/mol. The van der Waals surface area contributed by atoms with Gasteiger partial charge >= 0.3 is 0 Å².